The Kier molecular flexibility index (Phi) is 6.53. The predicted octanol–water partition coefficient (Wildman–Crippen LogP) is 3.18. The quantitative estimate of drug-likeness (QED) is 0.425. The molecule has 0 fully saturated rings. The Labute approximate surface area is 196 Å². The van der Waals surface area contributed by atoms with E-state index in [0.29, 0.717) is 40.4 Å². The van der Waals surface area contributed by atoms with Gasteiger partial charge in [0.2, 0.25) is 5.91 Å². The summed E-state index contributed by atoms with van der Waals surface area (Å²) in [6.07, 6.45) is 0.268. The first-order valence-electron chi connectivity index (χ1n) is 11.0. The van der Waals surface area contributed by atoms with Crippen LogP contribution in [0.2, 0.25) is 0 Å². The number of hydrogen-bond acceptors (Lipinski definition) is 6. The number of rotatable bonds is 7. The second-order valence-electron chi connectivity index (χ2n) is 7.77. The largest absolute Gasteiger partial charge is 0.462 e. The van der Waals surface area contributed by atoms with Crippen LogP contribution in [0.5, 0.6) is 0 Å². The van der Waals surface area contributed by atoms with E-state index in [0.717, 1.165) is 5.69 Å². The number of carbonyl (C=O) groups is 2. The highest BCUT2D eigenvalue weighted by atomic mass is 16.5. The molecule has 2 aromatic carbocycles. The van der Waals surface area contributed by atoms with Crippen molar-refractivity contribution in [2.24, 2.45) is 7.05 Å². The Morgan fingerprint density at radius 1 is 1.06 bits per heavy atom. The zero-order valence-electron chi connectivity index (χ0n) is 19.2. The van der Waals surface area contributed by atoms with Gasteiger partial charge < -0.3 is 10.1 Å². The van der Waals surface area contributed by atoms with Gasteiger partial charge in [-0.15, -0.1) is 0 Å². The highest BCUT2D eigenvalue weighted by molar-refractivity contribution is 5.93. The molecule has 1 amide bonds. The SMILES string of the molecule is CCOC(=O)c1ccc(NC(=O)CCc2nc3c(C)nn(-c4ccccc4)c3n(C)c2=O)cc1. The standard InChI is InChI=1S/C25H25N5O4/c1-4-34-25(33)17-10-12-18(13-11-17)26-21(31)15-14-20-24(32)29(3)23-22(27-20)16(2)28-30(23)19-8-6-5-7-9-19/h5-13H,4,14-15H2,1-3H3,(H,26,31). The van der Waals surface area contributed by atoms with E-state index in [-0.39, 0.29) is 24.3 Å². The monoisotopic (exact) mass is 459 g/mol. The molecule has 34 heavy (non-hydrogen) atoms. The van der Waals surface area contributed by atoms with E-state index in [1.54, 1.807) is 42.9 Å². The van der Waals surface area contributed by atoms with Crippen molar-refractivity contribution in [3.8, 4) is 5.69 Å². The minimum absolute atomic E-state index is 0.0826. The molecule has 174 valence electrons. The molecule has 9 heteroatoms. The van der Waals surface area contributed by atoms with Crippen molar-refractivity contribution < 1.29 is 14.3 Å². The summed E-state index contributed by atoms with van der Waals surface area (Å²) in [5.41, 5.74) is 3.75. The van der Waals surface area contributed by atoms with E-state index >= 15 is 0 Å². The lowest BCUT2D eigenvalue weighted by Gasteiger charge is -2.09. The zero-order valence-corrected chi connectivity index (χ0v) is 19.2. The third-order valence-corrected chi connectivity index (χ3v) is 5.39. The topological polar surface area (TPSA) is 108 Å². The number of carbonyl (C=O) groups excluding carboxylic acids is 2. The van der Waals surface area contributed by atoms with Crippen LogP contribution in [0.3, 0.4) is 0 Å². The van der Waals surface area contributed by atoms with Gasteiger partial charge in [0.05, 0.1) is 23.6 Å². The van der Waals surface area contributed by atoms with Gasteiger partial charge >= 0.3 is 5.97 Å². The van der Waals surface area contributed by atoms with Gasteiger partial charge in [0.15, 0.2) is 5.65 Å². The number of aryl methyl sites for hydroxylation is 3. The molecular weight excluding hydrogens is 434 g/mol. The van der Waals surface area contributed by atoms with Crippen LogP contribution in [0.25, 0.3) is 16.9 Å². The number of amides is 1. The van der Waals surface area contributed by atoms with Crippen molar-refractivity contribution >= 4 is 28.7 Å². The number of nitrogens with one attached hydrogen (secondary N) is 1. The molecule has 0 bridgehead atoms. The number of ether oxygens (including phenoxy) is 1. The molecule has 0 radical (unpaired) electrons. The Morgan fingerprint density at radius 3 is 2.44 bits per heavy atom. The van der Waals surface area contributed by atoms with Crippen LogP contribution in [0.1, 0.15) is 35.1 Å². The van der Waals surface area contributed by atoms with Crippen molar-refractivity contribution in [3.05, 3.63) is 81.9 Å². The average Bonchev–Trinajstić information content (AvgIpc) is 3.18. The lowest BCUT2D eigenvalue weighted by Crippen LogP contribution is -2.25. The Morgan fingerprint density at radius 2 is 1.76 bits per heavy atom. The smallest absolute Gasteiger partial charge is 0.338 e. The van der Waals surface area contributed by atoms with Crippen molar-refractivity contribution in [1.82, 2.24) is 19.3 Å². The molecule has 0 saturated carbocycles. The first-order chi connectivity index (χ1) is 16.4. The van der Waals surface area contributed by atoms with Crippen LogP contribution in [0.4, 0.5) is 5.69 Å². The maximum atomic E-state index is 13.0. The Bertz CT molecular complexity index is 1410. The lowest BCUT2D eigenvalue weighted by molar-refractivity contribution is -0.116. The first kappa shape index (κ1) is 22.9. The van der Waals surface area contributed by atoms with Crippen LogP contribution in [-0.2, 0) is 23.0 Å². The van der Waals surface area contributed by atoms with Gasteiger partial charge in [0, 0.05) is 25.6 Å². The van der Waals surface area contributed by atoms with Crippen LogP contribution < -0.4 is 10.9 Å². The van der Waals surface area contributed by atoms with E-state index in [2.05, 4.69) is 15.4 Å². The summed E-state index contributed by atoms with van der Waals surface area (Å²) in [6.45, 7) is 3.88. The van der Waals surface area contributed by atoms with Crippen molar-refractivity contribution in [1.29, 1.82) is 0 Å². The molecule has 4 rings (SSSR count). The normalized spacial score (nSPS) is 10.9. The summed E-state index contributed by atoms with van der Waals surface area (Å²) >= 11 is 0. The van der Waals surface area contributed by atoms with Gasteiger partial charge in [-0.05, 0) is 50.2 Å². The Balaban J connectivity index is 1.50. The zero-order chi connectivity index (χ0) is 24.2. The van der Waals surface area contributed by atoms with Crippen LogP contribution in [0, 0.1) is 6.92 Å². The van der Waals surface area contributed by atoms with Gasteiger partial charge in [-0.1, -0.05) is 18.2 Å². The molecule has 9 nitrogen and oxygen atoms in total. The number of aromatic nitrogens is 4. The van der Waals surface area contributed by atoms with E-state index < -0.39 is 5.97 Å². The number of benzene rings is 2. The fourth-order valence-electron chi connectivity index (χ4n) is 3.68. The number of fused-ring (bicyclic) bond motifs is 1. The number of nitrogens with zero attached hydrogens (tertiary/aromatic N) is 4. The Hall–Kier alpha value is -4.27. The molecule has 0 spiro atoms. The third-order valence-electron chi connectivity index (χ3n) is 5.39. The molecule has 0 aliphatic carbocycles. The first-order valence-corrected chi connectivity index (χ1v) is 11.0. The molecule has 4 aromatic rings. The fraction of sp³-hybridized carbons (Fsp3) is 0.240. The minimum atomic E-state index is -0.413. The summed E-state index contributed by atoms with van der Waals surface area (Å²) < 4.78 is 8.18. The molecular formula is C25H25N5O4. The summed E-state index contributed by atoms with van der Waals surface area (Å²) in [5, 5.41) is 7.34. The summed E-state index contributed by atoms with van der Waals surface area (Å²) in [4.78, 5) is 41.8. The molecule has 1 N–H and O–H groups in total. The number of para-hydroxylation sites is 1. The van der Waals surface area contributed by atoms with Gasteiger partial charge in [0.1, 0.15) is 11.2 Å². The van der Waals surface area contributed by atoms with Crippen LogP contribution in [-0.4, -0.2) is 37.8 Å². The maximum absolute atomic E-state index is 13.0. The fourth-order valence-corrected chi connectivity index (χ4v) is 3.68. The van der Waals surface area contributed by atoms with Gasteiger partial charge in [-0.25, -0.2) is 14.5 Å². The second kappa shape index (κ2) is 9.70. The molecule has 0 atom stereocenters. The number of anilines is 1. The molecule has 0 unspecified atom stereocenters. The average molecular weight is 460 g/mol. The van der Waals surface area contributed by atoms with Crippen LogP contribution in [0.15, 0.2) is 59.4 Å². The highest BCUT2D eigenvalue weighted by Gasteiger charge is 2.18. The minimum Gasteiger partial charge on any atom is -0.462 e. The third kappa shape index (κ3) is 4.59. The molecule has 2 aromatic heterocycles. The van der Waals surface area contributed by atoms with E-state index in [1.165, 1.54) is 4.57 Å². The highest BCUT2D eigenvalue weighted by Crippen LogP contribution is 2.19. The maximum Gasteiger partial charge on any atom is 0.338 e. The number of hydrogen-bond donors (Lipinski definition) is 1. The molecule has 2 heterocycles. The van der Waals surface area contributed by atoms with Crippen molar-refractivity contribution in [2.75, 3.05) is 11.9 Å². The number of esters is 1. The molecule has 0 aliphatic rings. The van der Waals surface area contributed by atoms with Crippen molar-refractivity contribution in [3.63, 3.8) is 0 Å². The van der Waals surface area contributed by atoms with E-state index in [1.807, 2.05) is 37.3 Å². The van der Waals surface area contributed by atoms with Crippen LogP contribution >= 0.6 is 0 Å². The van der Waals surface area contributed by atoms with Gasteiger partial charge in [-0.2, -0.15) is 5.10 Å². The second-order valence-corrected chi connectivity index (χ2v) is 7.77. The molecule has 0 saturated heterocycles. The van der Waals surface area contributed by atoms with E-state index in [4.69, 9.17) is 4.74 Å². The van der Waals surface area contributed by atoms with Gasteiger partial charge in [0.25, 0.3) is 5.56 Å². The van der Waals surface area contributed by atoms with Gasteiger partial charge in [-0.3, -0.25) is 14.2 Å². The van der Waals surface area contributed by atoms with E-state index in [9.17, 15) is 14.4 Å². The molecule has 0 aliphatic heterocycles. The van der Waals surface area contributed by atoms with Crippen molar-refractivity contribution in [2.45, 2.75) is 26.7 Å². The predicted molar refractivity (Wildman–Crippen MR) is 128 cm³/mol. The lowest BCUT2D eigenvalue weighted by atomic mass is 10.2. The summed E-state index contributed by atoms with van der Waals surface area (Å²) in [7, 11) is 1.68. The summed E-state index contributed by atoms with van der Waals surface area (Å²) in [6, 6.07) is 16.0. The summed E-state index contributed by atoms with van der Waals surface area (Å²) in [5.74, 6) is -0.673.